The van der Waals surface area contributed by atoms with Gasteiger partial charge in [-0.2, -0.15) is 0 Å². The van der Waals surface area contributed by atoms with Gasteiger partial charge in [-0.1, -0.05) is 30.3 Å². The van der Waals surface area contributed by atoms with Gasteiger partial charge in [-0.3, -0.25) is 4.90 Å². The molecule has 1 N–H and O–H groups in total. The highest BCUT2D eigenvalue weighted by atomic mass is 19.1. The fourth-order valence-electron chi connectivity index (χ4n) is 4.85. The molecule has 3 nitrogen and oxygen atoms in total. The number of nitrogens with zero attached hydrogens (tertiary/aromatic N) is 1. The lowest BCUT2D eigenvalue weighted by molar-refractivity contribution is -0.0542. The summed E-state index contributed by atoms with van der Waals surface area (Å²) >= 11 is 0. The standard InChI is InChI=1S/C22H26FNO2/c1-26-21-10-7-18(23)11-17(21)12-22(25)13-19-8-9-20(14-22)24(19)15-16-5-3-2-4-6-16/h2-7,10-11,19-20,25H,8-9,12-15H2,1H3. The lowest BCUT2D eigenvalue weighted by Crippen LogP contribution is -2.51. The molecule has 4 heteroatoms. The third-order valence-electron chi connectivity index (χ3n) is 5.97. The summed E-state index contributed by atoms with van der Waals surface area (Å²) in [6.07, 6.45) is 4.16. The van der Waals surface area contributed by atoms with E-state index in [4.69, 9.17) is 4.74 Å². The zero-order chi connectivity index (χ0) is 18.1. The number of piperidine rings is 1. The zero-order valence-electron chi connectivity index (χ0n) is 15.2. The third-order valence-corrected chi connectivity index (χ3v) is 5.97. The maximum Gasteiger partial charge on any atom is 0.123 e. The van der Waals surface area contributed by atoms with E-state index < -0.39 is 5.60 Å². The number of methoxy groups -OCH3 is 1. The van der Waals surface area contributed by atoms with Crippen LogP contribution in [0.2, 0.25) is 0 Å². The minimum atomic E-state index is -0.792. The van der Waals surface area contributed by atoms with E-state index in [1.54, 1.807) is 13.2 Å². The quantitative estimate of drug-likeness (QED) is 0.882. The largest absolute Gasteiger partial charge is 0.496 e. The van der Waals surface area contributed by atoms with Gasteiger partial charge in [0.2, 0.25) is 0 Å². The van der Waals surface area contributed by atoms with Gasteiger partial charge < -0.3 is 9.84 Å². The van der Waals surface area contributed by atoms with Crippen LogP contribution < -0.4 is 4.74 Å². The van der Waals surface area contributed by atoms with Gasteiger partial charge in [-0.15, -0.1) is 0 Å². The monoisotopic (exact) mass is 355 g/mol. The van der Waals surface area contributed by atoms with Crippen molar-refractivity contribution in [2.24, 2.45) is 0 Å². The summed E-state index contributed by atoms with van der Waals surface area (Å²) in [5.41, 5.74) is 1.28. The molecule has 0 amide bonds. The molecule has 2 saturated heterocycles. The van der Waals surface area contributed by atoms with E-state index in [9.17, 15) is 9.50 Å². The molecule has 2 aromatic rings. The first-order valence-corrected chi connectivity index (χ1v) is 9.41. The van der Waals surface area contributed by atoms with Crippen LogP contribution in [-0.2, 0) is 13.0 Å². The lowest BCUT2D eigenvalue weighted by atomic mass is 9.81. The van der Waals surface area contributed by atoms with Gasteiger partial charge in [0.25, 0.3) is 0 Å². The van der Waals surface area contributed by atoms with Gasteiger partial charge >= 0.3 is 0 Å². The number of halogens is 1. The molecular formula is C22H26FNO2. The molecule has 26 heavy (non-hydrogen) atoms. The van der Waals surface area contributed by atoms with Crippen molar-refractivity contribution >= 4 is 0 Å². The Hall–Kier alpha value is -1.91. The van der Waals surface area contributed by atoms with Gasteiger partial charge in [-0.05, 0) is 55.0 Å². The minimum absolute atomic E-state index is 0.283. The smallest absolute Gasteiger partial charge is 0.123 e. The molecule has 0 aromatic heterocycles. The molecular weight excluding hydrogens is 329 g/mol. The Morgan fingerprint density at radius 3 is 2.46 bits per heavy atom. The van der Waals surface area contributed by atoms with E-state index in [-0.39, 0.29) is 5.82 Å². The van der Waals surface area contributed by atoms with E-state index in [0.29, 0.717) is 24.3 Å². The molecule has 2 atom stereocenters. The second-order valence-electron chi connectivity index (χ2n) is 7.81. The average molecular weight is 355 g/mol. The highest BCUT2D eigenvalue weighted by molar-refractivity contribution is 5.35. The molecule has 4 rings (SSSR count). The van der Waals surface area contributed by atoms with Gasteiger partial charge in [0.1, 0.15) is 11.6 Å². The van der Waals surface area contributed by atoms with Crippen LogP contribution in [0.4, 0.5) is 4.39 Å². The summed E-state index contributed by atoms with van der Waals surface area (Å²) < 4.78 is 19.1. The summed E-state index contributed by atoms with van der Waals surface area (Å²) in [6.45, 7) is 0.940. The van der Waals surface area contributed by atoms with E-state index in [1.807, 2.05) is 6.07 Å². The first-order valence-electron chi connectivity index (χ1n) is 9.41. The van der Waals surface area contributed by atoms with E-state index in [2.05, 4.69) is 29.2 Å². The highest BCUT2D eigenvalue weighted by Gasteiger charge is 2.47. The van der Waals surface area contributed by atoms with Crippen LogP contribution in [0.5, 0.6) is 5.75 Å². The SMILES string of the molecule is COc1ccc(F)cc1CC1(O)CC2CCC(C1)N2Cc1ccccc1. The summed E-state index contributed by atoms with van der Waals surface area (Å²) in [5.74, 6) is 0.368. The fraction of sp³-hybridized carbons (Fsp3) is 0.455. The van der Waals surface area contributed by atoms with E-state index in [1.165, 1.54) is 17.7 Å². The Bertz CT molecular complexity index is 750. The van der Waals surface area contributed by atoms with Crippen LogP contribution in [0, 0.1) is 5.82 Å². The number of hydrogen-bond donors (Lipinski definition) is 1. The molecule has 2 aliphatic heterocycles. The molecule has 0 saturated carbocycles. The summed E-state index contributed by atoms with van der Waals surface area (Å²) in [7, 11) is 1.59. The highest BCUT2D eigenvalue weighted by Crippen LogP contribution is 2.43. The Labute approximate surface area is 154 Å². The fourth-order valence-corrected chi connectivity index (χ4v) is 4.85. The summed E-state index contributed by atoms with van der Waals surface area (Å²) in [5, 5.41) is 11.3. The molecule has 0 radical (unpaired) electrons. The predicted molar refractivity (Wildman–Crippen MR) is 99.6 cm³/mol. The Kier molecular flexibility index (Phi) is 4.72. The van der Waals surface area contributed by atoms with Crippen molar-refractivity contribution < 1.29 is 14.2 Å². The number of fused-ring (bicyclic) bond motifs is 2. The lowest BCUT2D eigenvalue weighted by Gasteiger charge is -2.44. The van der Waals surface area contributed by atoms with Gasteiger partial charge in [0.15, 0.2) is 0 Å². The molecule has 0 aliphatic carbocycles. The number of benzene rings is 2. The molecule has 2 unspecified atom stereocenters. The van der Waals surface area contributed by atoms with Crippen LogP contribution in [0.3, 0.4) is 0 Å². The van der Waals surface area contributed by atoms with Gasteiger partial charge in [0, 0.05) is 25.0 Å². The van der Waals surface area contributed by atoms with Crippen molar-refractivity contribution in [2.75, 3.05) is 7.11 Å². The van der Waals surface area contributed by atoms with E-state index in [0.717, 1.165) is 37.8 Å². The predicted octanol–water partition coefficient (Wildman–Crippen LogP) is 3.93. The normalized spacial score (nSPS) is 28.3. The van der Waals surface area contributed by atoms with Gasteiger partial charge in [-0.25, -0.2) is 4.39 Å². The van der Waals surface area contributed by atoms with Crippen LogP contribution in [0.1, 0.15) is 36.8 Å². The zero-order valence-corrected chi connectivity index (χ0v) is 15.2. The van der Waals surface area contributed by atoms with Crippen molar-refractivity contribution in [3.63, 3.8) is 0 Å². The van der Waals surface area contributed by atoms with Crippen molar-refractivity contribution in [3.05, 3.63) is 65.5 Å². The molecule has 2 fully saturated rings. The number of rotatable bonds is 5. The molecule has 2 aliphatic rings. The number of ether oxygens (including phenoxy) is 1. The Morgan fingerprint density at radius 1 is 1.12 bits per heavy atom. The first-order chi connectivity index (χ1) is 12.6. The molecule has 2 bridgehead atoms. The van der Waals surface area contributed by atoms with Crippen molar-refractivity contribution in [3.8, 4) is 5.75 Å². The number of hydrogen-bond acceptors (Lipinski definition) is 3. The Morgan fingerprint density at radius 2 is 1.81 bits per heavy atom. The van der Waals surface area contributed by atoms with Crippen LogP contribution >= 0.6 is 0 Å². The van der Waals surface area contributed by atoms with Crippen molar-refractivity contribution in [1.29, 1.82) is 0 Å². The van der Waals surface area contributed by atoms with Crippen molar-refractivity contribution in [1.82, 2.24) is 4.90 Å². The summed E-state index contributed by atoms with van der Waals surface area (Å²) in [4.78, 5) is 2.55. The van der Waals surface area contributed by atoms with Crippen LogP contribution in [0.25, 0.3) is 0 Å². The topological polar surface area (TPSA) is 32.7 Å². The summed E-state index contributed by atoms with van der Waals surface area (Å²) in [6, 6.07) is 15.8. The first kappa shape index (κ1) is 17.5. The maximum atomic E-state index is 13.7. The average Bonchev–Trinajstić information content (AvgIpc) is 2.87. The molecule has 2 heterocycles. The molecule has 2 aromatic carbocycles. The third kappa shape index (κ3) is 3.49. The Balaban J connectivity index is 1.50. The van der Waals surface area contributed by atoms with E-state index >= 15 is 0 Å². The second kappa shape index (κ2) is 7.01. The van der Waals surface area contributed by atoms with Crippen LogP contribution in [-0.4, -0.2) is 34.8 Å². The second-order valence-corrected chi connectivity index (χ2v) is 7.81. The molecule has 138 valence electrons. The maximum absolute atomic E-state index is 13.7. The molecule has 0 spiro atoms. The number of aliphatic hydroxyl groups is 1. The van der Waals surface area contributed by atoms with Crippen LogP contribution in [0.15, 0.2) is 48.5 Å². The minimum Gasteiger partial charge on any atom is -0.496 e. The van der Waals surface area contributed by atoms with Gasteiger partial charge in [0.05, 0.1) is 12.7 Å². The van der Waals surface area contributed by atoms with Crippen molar-refractivity contribution in [2.45, 2.75) is 56.3 Å².